The van der Waals surface area contributed by atoms with Crippen LogP contribution in [0.2, 0.25) is 0 Å². The lowest BCUT2D eigenvalue weighted by Gasteiger charge is -2.38. The Hall–Kier alpha value is -4.99. The molecule has 10 nitrogen and oxygen atoms in total. The minimum absolute atomic E-state index is 0.0526. The van der Waals surface area contributed by atoms with Gasteiger partial charge in [-0.1, -0.05) is 98.1 Å². The topological polar surface area (TPSA) is 168 Å². The molecule has 3 atom stereocenters. The Kier molecular flexibility index (Phi) is 11.3. The third-order valence-electron chi connectivity index (χ3n) is 9.51. The van der Waals surface area contributed by atoms with Crippen molar-refractivity contribution in [3.05, 3.63) is 95.6 Å². The van der Waals surface area contributed by atoms with E-state index in [1.165, 1.54) is 0 Å². The summed E-state index contributed by atoms with van der Waals surface area (Å²) in [6, 6.07) is 20.3. The summed E-state index contributed by atoms with van der Waals surface area (Å²) >= 11 is 0. The lowest BCUT2D eigenvalue weighted by molar-refractivity contribution is -0.138. The Balaban J connectivity index is 1.49. The van der Waals surface area contributed by atoms with E-state index in [0.29, 0.717) is 31.2 Å². The molecule has 1 saturated carbocycles. The second kappa shape index (κ2) is 15.7. The van der Waals surface area contributed by atoms with Crippen molar-refractivity contribution in [1.29, 1.82) is 0 Å². The molecule has 3 aromatic carbocycles. The van der Waals surface area contributed by atoms with Crippen molar-refractivity contribution >= 4 is 40.4 Å². The highest BCUT2D eigenvalue weighted by Gasteiger charge is 2.42. The molecule has 48 heavy (non-hydrogen) atoms. The molecule has 2 aliphatic rings. The number of rotatable bonds is 7. The number of carbonyl (C=O) groups is 5. The molecule has 1 fully saturated rings. The maximum absolute atomic E-state index is 13.9. The number of allylic oxidation sites excluding steroid dienone is 2. The van der Waals surface area contributed by atoms with Crippen LogP contribution >= 0.6 is 0 Å². The molecular formula is C38H44N4O6. The van der Waals surface area contributed by atoms with Gasteiger partial charge in [-0.3, -0.25) is 24.0 Å². The lowest BCUT2D eigenvalue weighted by atomic mass is 9.80. The lowest BCUT2D eigenvalue weighted by Crippen LogP contribution is -2.63. The van der Waals surface area contributed by atoms with E-state index in [-0.39, 0.29) is 43.6 Å². The number of nitrogens with one attached hydrogen (secondary N) is 3. The molecule has 1 spiro atoms. The zero-order chi connectivity index (χ0) is 34.1. The van der Waals surface area contributed by atoms with Crippen LogP contribution < -0.4 is 21.7 Å². The summed E-state index contributed by atoms with van der Waals surface area (Å²) in [5.41, 5.74) is 6.93. The quantitative estimate of drug-likeness (QED) is 0.241. The second-order valence-electron chi connectivity index (χ2n) is 13.1. The third kappa shape index (κ3) is 8.87. The number of aliphatic carboxylic acids is 1. The number of hydrogen-bond acceptors (Lipinski definition) is 5. The van der Waals surface area contributed by atoms with Crippen molar-refractivity contribution in [2.75, 3.05) is 6.54 Å². The number of amides is 4. The average Bonchev–Trinajstić information content (AvgIpc) is 3.06. The Morgan fingerprint density at radius 3 is 2.38 bits per heavy atom. The van der Waals surface area contributed by atoms with Gasteiger partial charge in [-0.2, -0.15) is 0 Å². The van der Waals surface area contributed by atoms with Crippen LogP contribution in [0.25, 0.3) is 10.8 Å². The molecule has 6 N–H and O–H groups in total. The zero-order valence-electron chi connectivity index (χ0n) is 27.1. The van der Waals surface area contributed by atoms with Gasteiger partial charge < -0.3 is 26.8 Å². The Morgan fingerprint density at radius 1 is 0.917 bits per heavy atom. The van der Waals surface area contributed by atoms with Crippen molar-refractivity contribution in [2.24, 2.45) is 11.7 Å². The molecule has 0 bridgehead atoms. The van der Waals surface area contributed by atoms with Gasteiger partial charge in [-0.25, -0.2) is 0 Å². The van der Waals surface area contributed by atoms with E-state index in [1.54, 1.807) is 12.1 Å². The molecule has 1 heterocycles. The number of carboxylic acid groups (broad SMARTS) is 1. The standard InChI is InChI=1S/C38H44N4O6/c39-33(43)23-32-36(47)40-24-26(20-30-12-7-10-28-9-2-3-13-31(28)30)8-6-11-29(27-16-14-25(15-17-27)21-35(45)46)22-34(44)42-38(37(48)41-32)18-4-1-5-19-38/h2-3,6-7,9-17,26,29,32H,1,4-5,8,18-24H2,(H2,39,43)(H,40,47)(H,41,48)(H,42,44)(H,45,46)/b11-6-/t26-,29-,32-/m0/s1. The molecule has 4 amide bonds. The molecule has 252 valence electrons. The summed E-state index contributed by atoms with van der Waals surface area (Å²) in [7, 11) is 0. The molecule has 1 aliphatic heterocycles. The fourth-order valence-corrected chi connectivity index (χ4v) is 6.97. The van der Waals surface area contributed by atoms with E-state index >= 15 is 0 Å². The van der Waals surface area contributed by atoms with Crippen LogP contribution in [0.3, 0.4) is 0 Å². The van der Waals surface area contributed by atoms with Crippen molar-refractivity contribution in [1.82, 2.24) is 16.0 Å². The maximum Gasteiger partial charge on any atom is 0.307 e. The number of fused-ring (bicyclic) bond motifs is 1. The summed E-state index contributed by atoms with van der Waals surface area (Å²) < 4.78 is 0. The molecule has 5 rings (SSSR count). The number of carboxylic acids is 1. The number of benzene rings is 3. The predicted molar refractivity (Wildman–Crippen MR) is 183 cm³/mol. The molecule has 0 unspecified atom stereocenters. The van der Waals surface area contributed by atoms with Gasteiger partial charge in [0, 0.05) is 18.9 Å². The van der Waals surface area contributed by atoms with Crippen LogP contribution in [0.4, 0.5) is 0 Å². The van der Waals surface area contributed by atoms with Crippen molar-refractivity contribution < 1.29 is 29.1 Å². The zero-order valence-corrected chi connectivity index (χ0v) is 27.1. The minimum Gasteiger partial charge on any atom is -0.481 e. The van der Waals surface area contributed by atoms with Crippen molar-refractivity contribution in [2.45, 2.75) is 81.7 Å². The molecule has 0 aromatic heterocycles. The van der Waals surface area contributed by atoms with E-state index in [9.17, 15) is 29.1 Å². The number of hydrogen-bond donors (Lipinski definition) is 5. The molecule has 3 aromatic rings. The summed E-state index contributed by atoms with van der Waals surface area (Å²) in [4.78, 5) is 64.4. The monoisotopic (exact) mass is 652 g/mol. The van der Waals surface area contributed by atoms with Crippen LogP contribution in [0.1, 0.15) is 74.0 Å². The van der Waals surface area contributed by atoms with Crippen LogP contribution in [0, 0.1) is 5.92 Å². The fourth-order valence-electron chi connectivity index (χ4n) is 6.97. The number of nitrogens with two attached hydrogens (primary N) is 1. The van der Waals surface area contributed by atoms with Crippen LogP contribution in [0.15, 0.2) is 78.9 Å². The summed E-state index contributed by atoms with van der Waals surface area (Å²) in [6.45, 7) is 0.286. The van der Waals surface area contributed by atoms with E-state index < -0.39 is 35.3 Å². The number of primary amides is 1. The second-order valence-corrected chi connectivity index (χ2v) is 13.1. The molecular weight excluding hydrogens is 608 g/mol. The minimum atomic E-state index is -1.22. The van der Waals surface area contributed by atoms with Gasteiger partial charge in [0.05, 0.1) is 12.8 Å². The average molecular weight is 653 g/mol. The van der Waals surface area contributed by atoms with E-state index in [1.807, 2.05) is 42.5 Å². The Labute approximate surface area is 280 Å². The normalized spacial score (nSPS) is 22.8. The highest BCUT2D eigenvalue weighted by Crippen LogP contribution is 2.31. The van der Waals surface area contributed by atoms with E-state index in [2.05, 4.69) is 40.2 Å². The highest BCUT2D eigenvalue weighted by atomic mass is 16.4. The van der Waals surface area contributed by atoms with Gasteiger partial charge in [0.1, 0.15) is 11.6 Å². The number of carbonyl (C=O) groups excluding carboxylic acids is 4. The van der Waals surface area contributed by atoms with Crippen LogP contribution in [0.5, 0.6) is 0 Å². The van der Waals surface area contributed by atoms with Crippen molar-refractivity contribution in [3.8, 4) is 0 Å². The fraction of sp³-hybridized carbons (Fsp3) is 0.395. The molecule has 1 aliphatic carbocycles. The third-order valence-corrected chi connectivity index (χ3v) is 9.51. The first-order valence-corrected chi connectivity index (χ1v) is 16.7. The summed E-state index contributed by atoms with van der Waals surface area (Å²) in [6.07, 6.45) is 8.05. The maximum atomic E-state index is 13.9. The molecule has 10 heteroatoms. The molecule has 0 radical (unpaired) electrons. The first kappa shape index (κ1) is 34.3. The van der Waals surface area contributed by atoms with Gasteiger partial charge in [0.15, 0.2) is 0 Å². The SMILES string of the molecule is NC(=O)C[C@@H]1NC(=O)C2(CCCCC2)NC(=O)C[C@@H](c2ccc(CC(=O)O)cc2)/C=C\C[C@@H](Cc2cccc3ccccc23)CNC1=O. The van der Waals surface area contributed by atoms with E-state index in [0.717, 1.165) is 41.2 Å². The van der Waals surface area contributed by atoms with Gasteiger partial charge >= 0.3 is 5.97 Å². The van der Waals surface area contributed by atoms with Gasteiger partial charge in [0.25, 0.3) is 0 Å². The smallest absolute Gasteiger partial charge is 0.307 e. The first-order chi connectivity index (χ1) is 23.1. The van der Waals surface area contributed by atoms with Crippen molar-refractivity contribution in [3.63, 3.8) is 0 Å². The molecule has 0 saturated heterocycles. The van der Waals surface area contributed by atoms with Gasteiger partial charge in [0.2, 0.25) is 23.6 Å². The van der Waals surface area contributed by atoms with E-state index in [4.69, 9.17) is 5.73 Å². The van der Waals surface area contributed by atoms with Crippen LogP contribution in [-0.4, -0.2) is 52.8 Å². The van der Waals surface area contributed by atoms with Gasteiger partial charge in [-0.15, -0.1) is 0 Å². The van der Waals surface area contributed by atoms with Gasteiger partial charge in [-0.05, 0) is 59.1 Å². The Morgan fingerprint density at radius 2 is 1.65 bits per heavy atom. The predicted octanol–water partition coefficient (Wildman–Crippen LogP) is 4.05. The summed E-state index contributed by atoms with van der Waals surface area (Å²) in [5.74, 6) is -3.34. The Bertz CT molecular complexity index is 1670. The first-order valence-electron chi connectivity index (χ1n) is 16.7. The van der Waals surface area contributed by atoms with Crippen LogP contribution in [-0.2, 0) is 36.8 Å². The summed E-state index contributed by atoms with van der Waals surface area (Å²) in [5, 5.41) is 20.2. The largest absolute Gasteiger partial charge is 0.481 e. The highest BCUT2D eigenvalue weighted by molar-refractivity contribution is 5.96.